The van der Waals surface area contributed by atoms with Crippen molar-refractivity contribution in [2.75, 3.05) is 7.11 Å². The number of allylic oxidation sites excluding steroid dienone is 2. The second-order valence-electron chi connectivity index (χ2n) is 3.44. The lowest BCUT2D eigenvalue weighted by Gasteiger charge is -1.95. The lowest BCUT2D eigenvalue weighted by molar-refractivity contribution is -0.140. The Morgan fingerprint density at radius 1 is 1.14 bits per heavy atom. The summed E-state index contributed by atoms with van der Waals surface area (Å²) < 4.78 is 4.54. The van der Waals surface area contributed by atoms with E-state index in [2.05, 4.69) is 23.8 Å². The predicted molar refractivity (Wildman–Crippen MR) is 59.1 cm³/mol. The summed E-state index contributed by atoms with van der Waals surface area (Å²) in [5.74, 6) is -0.124. The number of ether oxygens (including phenoxy) is 1. The molecule has 0 aliphatic rings. The fourth-order valence-electron chi connectivity index (χ4n) is 1.23. The van der Waals surface area contributed by atoms with Crippen molar-refractivity contribution >= 4 is 5.97 Å². The zero-order valence-electron chi connectivity index (χ0n) is 9.42. The van der Waals surface area contributed by atoms with E-state index in [0.29, 0.717) is 6.42 Å². The SMILES string of the molecule is CCCCCC/C=C\CCC(=O)OC. The van der Waals surface area contributed by atoms with Crippen LogP contribution in [0.15, 0.2) is 12.2 Å². The van der Waals surface area contributed by atoms with Gasteiger partial charge in [-0.1, -0.05) is 38.3 Å². The second-order valence-corrected chi connectivity index (χ2v) is 3.44. The quantitative estimate of drug-likeness (QED) is 0.339. The summed E-state index contributed by atoms with van der Waals surface area (Å²) in [7, 11) is 1.43. The van der Waals surface area contributed by atoms with E-state index >= 15 is 0 Å². The highest BCUT2D eigenvalue weighted by Crippen LogP contribution is 2.03. The maximum Gasteiger partial charge on any atom is 0.305 e. The maximum atomic E-state index is 10.7. The van der Waals surface area contributed by atoms with E-state index < -0.39 is 0 Å². The van der Waals surface area contributed by atoms with Crippen molar-refractivity contribution in [1.82, 2.24) is 0 Å². The standard InChI is InChI=1S/C12H22O2/c1-3-4-5-6-7-8-9-10-11-12(13)14-2/h8-9H,3-7,10-11H2,1-2H3/b9-8-. The van der Waals surface area contributed by atoms with Crippen molar-refractivity contribution in [3.8, 4) is 0 Å². The average Bonchev–Trinajstić information content (AvgIpc) is 2.21. The molecule has 2 nitrogen and oxygen atoms in total. The maximum absolute atomic E-state index is 10.7. The Hall–Kier alpha value is -0.790. The Morgan fingerprint density at radius 2 is 1.86 bits per heavy atom. The summed E-state index contributed by atoms with van der Waals surface area (Å²) in [5.41, 5.74) is 0. The number of carbonyl (C=O) groups excluding carboxylic acids is 1. The summed E-state index contributed by atoms with van der Waals surface area (Å²) in [5, 5.41) is 0. The predicted octanol–water partition coefficient (Wildman–Crippen LogP) is 3.47. The third-order valence-electron chi connectivity index (χ3n) is 2.13. The third kappa shape index (κ3) is 9.30. The van der Waals surface area contributed by atoms with Gasteiger partial charge in [-0.2, -0.15) is 0 Å². The number of carbonyl (C=O) groups is 1. The molecule has 82 valence electrons. The molecule has 0 aromatic heterocycles. The number of hydrogen-bond donors (Lipinski definition) is 0. The fourth-order valence-corrected chi connectivity index (χ4v) is 1.23. The second kappa shape index (κ2) is 10.3. The van der Waals surface area contributed by atoms with Gasteiger partial charge in [-0.3, -0.25) is 4.79 Å². The van der Waals surface area contributed by atoms with Crippen molar-refractivity contribution in [2.24, 2.45) is 0 Å². The van der Waals surface area contributed by atoms with Crippen LogP contribution in [-0.2, 0) is 9.53 Å². The van der Waals surface area contributed by atoms with Gasteiger partial charge in [0, 0.05) is 6.42 Å². The molecule has 0 saturated heterocycles. The minimum absolute atomic E-state index is 0.124. The molecular weight excluding hydrogens is 176 g/mol. The first-order valence-corrected chi connectivity index (χ1v) is 5.53. The van der Waals surface area contributed by atoms with Gasteiger partial charge < -0.3 is 4.74 Å². The van der Waals surface area contributed by atoms with Crippen LogP contribution in [0.3, 0.4) is 0 Å². The van der Waals surface area contributed by atoms with Crippen molar-refractivity contribution in [3.05, 3.63) is 12.2 Å². The highest BCUT2D eigenvalue weighted by Gasteiger charge is 1.95. The van der Waals surface area contributed by atoms with Crippen LogP contribution in [0.2, 0.25) is 0 Å². The van der Waals surface area contributed by atoms with Crippen LogP contribution in [0.25, 0.3) is 0 Å². The van der Waals surface area contributed by atoms with Crippen LogP contribution >= 0.6 is 0 Å². The van der Waals surface area contributed by atoms with Crippen LogP contribution in [0.5, 0.6) is 0 Å². The van der Waals surface area contributed by atoms with E-state index in [1.54, 1.807) is 0 Å². The van der Waals surface area contributed by atoms with Crippen molar-refractivity contribution in [1.29, 1.82) is 0 Å². The van der Waals surface area contributed by atoms with E-state index in [1.165, 1.54) is 32.8 Å². The van der Waals surface area contributed by atoms with E-state index in [1.807, 2.05) is 0 Å². The van der Waals surface area contributed by atoms with Gasteiger partial charge in [0.2, 0.25) is 0 Å². The van der Waals surface area contributed by atoms with Crippen LogP contribution in [0, 0.1) is 0 Å². The molecule has 14 heavy (non-hydrogen) atoms. The highest BCUT2D eigenvalue weighted by atomic mass is 16.5. The highest BCUT2D eigenvalue weighted by molar-refractivity contribution is 5.69. The van der Waals surface area contributed by atoms with Crippen LogP contribution in [0.4, 0.5) is 0 Å². The van der Waals surface area contributed by atoms with E-state index in [-0.39, 0.29) is 5.97 Å². The smallest absolute Gasteiger partial charge is 0.305 e. The monoisotopic (exact) mass is 198 g/mol. The van der Waals surface area contributed by atoms with Crippen molar-refractivity contribution < 1.29 is 9.53 Å². The number of hydrogen-bond acceptors (Lipinski definition) is 2. The zero-order valence-corrected chi connectivity index (χ0v) is 9.42. The van der Waals surface area contributed by atoms with Crippen LogP contribution in [-0.4, -0.2) is 13.1 Å². The summed E-state index contributed by atoms with van der Waals surface area (Å²) in [6.45, 7) is 2.21. The lowest BCUT2D eigenvalue weighted by Crippen LogP contribution is -1.97. The topological polar surface area (TPSA) is 26.3 Å². The molecule has 0 fully saturated rings. The van der Waals surface area contributed by atoms with Crippen LogP contribution in [0.1, 0.15) is 51.9 Å². The van der Waals surface area contributed by atoms with Crippen molar-refractivity contribution in [2.45, 2.75) is 51.9 Å². The summed E-state index contributed by atoms with van der Waals surface area (Å²) >= 11 is 0. The Kier molecular flexibility index (Phi) is 9.71. The zero-order chi connectivity index (χ0) is 10.6. The first-order chi connectivity index (χ1) is 6.81. The van der Waals surface area contributed by atoms with Gasteiger partial charge in [0.15, 0.2) is 0 Å². The third-order valence-corrected chi connectivity index (χ3v) is 2.13. The molecule has 0 radical (unpaired) electrons. The summed E-state index contributed by atoms with van der Waals surface area (Å²) in [4.78, 5) is 10.7. The molecule has 0 aromatic rings. The molecule has 0 atom stereocenters. The fraction of sp³-hybridized carbons (Fsp3) is 0.750. The molecular formula is C12H22O2. The van der Waals surface area contributed by atoms with Gasteiger partial charge in [-0.25, -0.2) is 0 Å². The molecule has 0 heterocycles. The van der Waals surface area contributed by atoms with Gasteiger partial charge >= 0.3 is 5.97 Å². The molecule has 0 saturated carbocycles. The average molecular weight is 198 g/mol. The molecule has 2 heteroatoms. The van der Waals surface area contributed by atoms with E-state index in [0.717, 1.165) is 12.8 Å². The Labute approximate surface area is 87.3 Å². The largest absolute Gasteiger partial charge is 0.469 e. The molecule has 0 bridgehead atoms. The summed E-state index contributed by atoms with van der Waals surface area (Å²) in [6.07, 6.45) is 11.9. The molecule has 0 aliphatic heterocycles. The van der Waals surface area contributed by atoms with E-state index in [9.17, 15) is 4.79 Å². The molecule has 0 spiro atoms. The van der Waals surface area contributed by atoms with Gasteiger partial charge in [0.05, 0.1) is 7.11 Å². The van der Waals surface area contributed by atoms with Gasteiger partial charge in [-0.05, 0) is 19.3 Å². The minimum atomic E-state index is -0.124. The Balaban J connectivity index is 3.15. The Bertz CT molecular complexity index is 162. The number of methoxy groups -OCH3 is 1. The first kappa shape index (κ1) is 13.2. The van der Waals surface area contributed by atoms with Gasteiger partial charge in [0.25, 0.3) is 0 Å². The normalized spacial score (nSPS) is 10.7. The minimum Gasteiger partial charge on any atom is -0.469 e. The molecule has 0 aromatic carbocycles. The summed E-state index contributed by atoms with van der Waals surface area (Å²) in [6, 6.07) is 0. The first-order valence-electron chi connectivity index (χ1n) is 5.53. The molecule has 0 amide bonds. The van der Waals surface area contributed by atoms with E-state index in [4.69, 9.17) is 0 Å². The van der Waals surface area contributed by atoms with Gasteiger partial charge in [0.1, 0.15) is 0 Å². The molecule has 0 N–H and O–H groups in total. The molecule has 0 aliphatic carbocycles. The number of rotatable bonds is 8. The van der Waals surface area contributed by atoms with Gasteiger partial charge in [-0.15, -0.1) is 0 Å². The lowest BCUT2D eigenvalue weighted by atomic mass is 10.1. The number of unbranched alkanes of at least 4 members (excludes halogenated alkanes) is 4. The Morgan fingerprint density at radius 3 is 2.50 bits per heavy atom. The molecule has 0 rings (SSSR count). The molecule has 0 unspecified atom stereocenters. The number of esters is 1. The van der Waals surface area contributed by atoms with Crippen LogP contribution < -0.4 is 0 Å². The van der Waals surface area contributed by atoms with Crippen molar-refractivity contribution in [3.63, 3.8) is 0 Å².